The third-order valence-corrected chi connectivity index (χ3v) is 4.88. The fourth-order valence-corrected chi connectivity index (χ4v) is 3.42. The minimum Gasteiger partial charge on any atom is -0.475 e. The van der Waals surface area contributed by atoms with Crippen LogP contribution in [0.5, 0.6) is 0 Å². The standard InChI is InChI=1S/C13H21NO5S/c1-5-8(2)6-9(3)14-20(17,18)12-7-11(13(15)16)19-10(12)4/h7-9,14H,5-6H2,1-4H3,(H,15,16). The van der Waals surface area contributed by atoms with Crippen LogP contribution in [0.3, 0.4) is 0 Å². The lowest BCUT2D eigenvalue weighted by Crippen LogP contribution is -2.33. The number of furan rings is 1. The summed E-state index contributed by atoms with van der Waals surface area (Å²) in [6, 6.07) is 0.813. The van der Waals surface area contributed by atoms with E-state index in [1.807, 2.05) is 6.92 Å². The van der Waals surface area contributed by atoms with Crippen LogP contribution < -0.4 is 4.72 Å². The Morgan fingerprint density at radius 1 is 1.45 bits per heavy atom. The third-order valence-electron chi connectivity index (χ3n) is 3.18. The molecule has 0 aliphatic heterocycles. The second-order valence-corrected chi connectivity index (χ2v) is 6.79. The predicted octanol–water partition coefficient (Wildman–Crippen LogP) is 2.39. The molecular formula is C13H21NO5S. The number of hydrogen-bond acceptors (Lipinski definition) is 4. The van der Waals surface area contributed by atoms with Crippen molar-refractivity contribution in [3.63, 3.8) is 0 Å². The minimum atomic E-state index is -3.76. The first-order valence-electron chi connectivity index (χ1n) is 6.53. The van der Waals surface area contributed by atoms with Gasteiger partial charge in [0, 0.05) is 12.1 Å². The summed E-state index contributed by atoms with van der Waals surface area (Å²) in [7, 11) is -3.76. The van der Waals surface area contributed by atoms with Crippen molar-refractivity contribution < 1.29 is 22.7 Å². The van der Waals surface area contributed by atoms with E-state index in [9.17, 15) is 13.2 Å². The van der Waals surface area contributed by atoms with Crippen molar-refractivity contribution in [2.24, 2.45) is 5.92 Å². The van der Waals surface area contributed by atoms with Gasteiger partial charge in [0.1, 0.15) is 10.7 Å². The molecule has 0 spiro atoms. The summed E-state index contributed by atoms with van der Waals surface area (Å²) in [6.45, 7) is 7.32. The molecule has 2 unspecified atom stereocenters. The first-order valence-corrected chi connectivity index (χ1v) is 8.01. The number of carbonyl (C=O) groups is 1. The summed E-state index contributed by atoms with van der Waals surface area (Å²) in [5.74, 6) is -1.18. The van der Waals surface area contributed by atoms with Crippen molar-refractivity contribution in [2.75, 3.05) is 0 Å². The molecule has 1 aromatic heterocycles. The van der Waals surface area contributed by atoms with Crippen molar-refractivity contribution in [1.29, 1.82) is 0 Å². The maximum Gasteiger partial charge on any atom is 0.371 e. The highest BCUT2D eigenvalue weighted by molar-refractivity contribution is 7.89. The van der Waals surface area contributed by atoms with Crippen LogP contribution in [0, 0.1) is 12.8 Å². The van der Waals surface area contributed by atoms with Crippen LogP contribution in [-0.4, -0.2) is 25.5 Å². The molecule has 6 nitrogen and oxygen atoms in total. The van der Waals surface area contributed by atoms with Crippen molar-refractivity contribution in [3.05, 3.63) is 17.6 Å². The highest BCUT2D eigenvalue weighted by Gasteiger charge is 2.25. The molecule has 20 heavy (non-hydrogen) atoms. The Morgan fingerprint density at radius 2 is 2.05 bits per heavy atom. The van der Waals surface area contributed by atoms with E-state index >= 15 is 0 Å². The van der Waals surface area contributed by atoms with Crippen molar-refractivity contribution >= 4 is 16.0 Å². The first kappa shape index (κ1) is 16.7. The van der Waals surface area contributed by atoms with Gasteiger partial charge in [-0.25, -0.2) is 17.9 Å². The molecule has 1 aromatic rings. The fraction of sp³-hybridized carbons (Fsp3) is 0.615. The zero-order chi connectivity index (χ0) is 15.5. The van der Waals surface area contributed by atoms with Gasteiger partial charge in [0.05, 0.1) is 0 Å². The van der Waals surface area contributed by atoms with Crippen molar-refractivity contribution in [2.45, 2.75) is 51.5 Å². The van der Waals surface area contributed by atoms with Crippen LogP contribution in [0.2, 0.25) is 0 Å². The molecule has 0 aromatic carbocycles. The van der Waals surface area contributed by atoms with Crippen LogP contribution in [0.1, 0.15) is 49.9 Å². The Kier molecular flexibility index (Phi) is 5.35. The van der Waals surface area contributed by atoms with E-state index in [4.69, 9.17) is 9.52 Å². The van der Waals surface area contributed by atoms with E-state index in [-0.39, 0.29) is 22.5 Å². The molecule has 7 heteroatoms. The maximum atomic E-state index is 12.2. The number of sulfonamides is 1. The van der Waals surface area contributed by atoms with Gasteiger partial charge in [0.25, 0.3) is 0 Å². The quantitative estimate of drug-likeness (QED) is 0.806. The molecule has 0 aliphatic rings. The zero-order valence-electron chi connectivity index (χ0n) is 12.1. The smallest absolute Gasteiger partial charge is 0.371 e. The average molecular weight is 303 g/mol. The van der Waals surface area contributed by atoms with Crippen LogP contribution >= 0.6 is 0 Å². The van der Waals surface area contributed by atoms with E-state index < -0.39 is 16.0 Å². The lowest BCUT2D eigenvalue weighted by molar-refractivity contribution is 0.0661. The zero-order valence-corrected chi connectivity index (χ0v) is 13.0. The van der Waals surface area contributed by atoms with Crippen molar-refractivity contribution in [1.82, 2.24) is 4.72 Å². The van der Waals surface area contributed by atoms with Gasteiger partial charge in [-0.2, -0.15) is 0 Å². The number of nitrogens with one attached hydrogen (secondary N) is 1. The molecule has 0 saturated heterocycles. The maximum absolute atomic E-state index is 12.2. The number of rotatable bonds is 7. The Hall–Kier alpha value is -1.34. The van der Waals surface area contributed by atoms with Crippen LogP contribution in [0.25, 0.3) is 0 Å². The average Bonchev–Trinajstić information content (AvgIpc) is 2.71. The van der Waals surface area contributed by atoms with Gasteiger partial charge < -0.3 is 9.52 Å². The van der Waals surface area contributed by atoms with Gasteiger partial charge in [0.2, 0.25) is 15.8 Å². The van der Waals surface area contributed by atoms with Crippen LogP contribution in [-0.2, 0) is 10.0 Å². The SMILES string of the molecule is CCC(C)CC(C)NS(=O)(=O)c1cc(C(=O)O)oc1C. The normalized spacial score (nSPS) is 15.0. The number of carboxylic acid groups (broad SMARTS) is 1. The van der Waals surface area contributed by atoms with Gasteiger partial charge in [-0.15, -0.1) is 0 Å². The number of hydrogen-bond donors (Lipinski definition) is 2. The summed E-state index contributed by atoms with van der Waals surface area (Å²) in [4.78, 5) is 10.7. The Bertz CT molecular complexity index is 576. The van der Waals surface area contributed by atoms with Gasteiger partial charge in [-0.05, 0) is 26.2 Å². The van der Waals surface area contributed by atoms with E-state index in [0.717, 1.165) is 18.9 Å². The summed E-state index contributed by atoms with van der Waals surface area (Å²) in [6.07, 6.45) is 1.69. The Morgan fingerprint density at radius 3 is 2.50 bits per heavy atom. The Labute approximate surface area is 119 Å². The lowest BCUT2D eigenvalue weighted by atomic mass is 10.0. The topological polar surface area (TPSA) is 96.6 Å². The lowest BCUT2D eigenvalue weighted by Gasteiger charge is -2.17. The number of aryl methyl sites for hydroxylation is 1. The first-order chi connectivity index (χ1) is 9.17. The molecule has 1 rings (SSSR count). The monoisotopic (exact) mass is 303 g/mol. The molecular weight excluding hydrogens is 282 g/mol. The third kappa shape index (κ3) is 4.08. The molecule has 2 atom stereocenters. The second kappa shape index (κ2) is 6.41. The van der Waals surface area contributed by atoms with Gasteiger partial charge in [0.15, 0.2) is 0 Å². The number of carboxylic acids is 1. The largest absolute Gasteiger partial charge is 0.475 e. The van der Waals surface area contributed by atoms with Crippen LogP contribution in [0.4, 0.5) is 0 Å². The van der Waals surface area contributed by atoms with Crippen LogP contribution in [0.15, 0.2) is 15.4 Å². The Balaban J connectivity index is 2.91. The molecule has 0 fully saturated rings. The summed E-state index contributed by atoms with van der Waals surface area (Å²) in [5.41, 5.74) is 0. The summed E-state index contributed by atoms with van der Waals surface area (Å²) in [5, 5.41) is 8.81. The van der Waals surface area contributed by atoms with Gasteiger partial charge in [-0.3, -0.25) is 0 Å². The highest BCUT2D eigenvalue weighted by atomic mass is 32.2. The molecule has 114 valence electrons. The minimum absolute atomic E-state index is 0.0747. The highest BCUT2D eigenvalue weighted by Crippen LogP contribution is 2.21. The molecule has 2 N–H and O–H groups in total. The molecule has 1 heterocycles. The van der Waals surface area contributed by atoms with E-state index in [1.54, 1.807) is 6.92 Å². The van der Waals surface area contributed by atoms with Crippen molar-refractivity contribution in [3.8, 4) is 0 Å². The van der Waals surface area contributed by atoms with Gasteiger partial charge >= 0.3 is 5.97 Å². The fourth-order valence-electron chi connectivity index (χ4n) is 1.98. The second-order valence-electron chi connectivity index (χ2n) is 5.11. The van der Waals surface area contributed by atoms with E-state index in [0.29, 0.717) is 5.92 Å². The molecule has 0 bridgehead atoms. The summed E-state index contributed by atoms with van der Waals surface area (Å²) >= 11 is 0. The van der Waals surface area contributed by atoms with E-state index in [2.05, 4.69) is 11.6 Å². The van der Waals surface area contributed by atoms with E-state index in [1.165, 1.54) is 6.92 Å². The van der Waals surface area contributed by atoms with Gasteiger partial charge in [-0.1, -0.05) is 20.3 Å². The molecule has 0 amide bonds. The molecule has 0 aliphatic carbocycles. The predicted molar refractivity (Wildman–Crippen MR) is 74.3 cm³/mol. The molecule has 0 saturated carbocycles. The molecule has 0 radical (unpaired) electrons. The number of aromatic carboxylic acids is 1. The summed E-state index contributed by atoms with van der Waals surface area (Å²) < 4.78 is 31.9.